The van der Waals surface area contributed by atoms with E-state index in [9.17, 15) is 13.2 Å². The highest BCUT2D eigenvalue weighted by Gasteiger charge is 2.63. The fraction of sp³-hybridized carbons (Fsp3) is 0.923. The molecule has 0 bridgehead atoms. The summed E-state index contributed by atoms with van der Waals surface area (Å²) >= 11 is 0. The van der Waals surface area contributed by atoms with Crippen LogP contribution in [0.3, 0.4) is 0 Å². The maximum atomic E-state index is 12.9. The molecule has 0 amide bonds. The van der Waals surface area contributed by atoms with Crippen molar-refractivity contribution >= 4 is 0 Å². The molecule has 0 aromatic rings. The predicted molar refractivity (Wildman–Crippen MR) is 63.3 cm³/mol. The zero-order chi connectivity index (χ0) is 14.1. The van der Waals surface area contributed by atoms with E-state index in [0.717, 1.165) is 32.8 Å². The van der Waals surface area contributed by atoms with E-state index in [1.807, 2.05) is 4.90 Å². The van der Waals surface area contributed by atoms with Crippen molar-refractivity contribution in [3.8, 4) is 6.07 Å². The van der Waals surface area contributed by atoms with Gasteiger partial charge in [0.1, 0.15) is 0 Å². The Balaban J connectivity index is 1.83. The Labute approximate surface area is 111 Å². The molecule has 2 fully saturated rings. The van der Waals surface area contributed by atoms with Crippen LogP contribution in [0.1, 0.15) is 32.1 Å². The van der Waals surface area contributed by atoms with E-state index in [1.165, 1.54) is 0 Å². The monoisotopic (exact) mass is 276 g/mol. The van der Waals surface area contributed by atoms with Crippen LogP contribution in [0.4, 0.5) is 13.2 Å². The summed E-state index contributed by atoms with van der Waals surface area (Å²) in [6.45, 7) is -0.110. The van der Waals surface area contributed by atoms with Crippen molar-refractivity contribution in [3.63, 3.8) is 0 Å². The van der Waals surface area contributed by atoms with E-state index in [2.05, 4.69) is 6.07 Å². The van der Waals surface area contributed by atoms with E-state index in [4.69, 9.17) is 10.00 Å². The maximum Gasteiger partial charge on any atom is 0.419 e. The van der Waals surface area contributed by atoms with Gasteiger partial charge in [-0.15, -0.1) is 0 Å². The molecule has 0 aromatic carbocycles. The molecule has 0 unspecified atom stereocenters. The molecule has 3 nitrogen and oxygen atoms in total. The quantitative estimate of drug-likeness (QED) is 0.795. The molecule has 0 aromatic heterocycles. The number of likely N-dealkylation sites (tertiary alicyclic amines) is 1. The average molecular weight is 276 g/mol. The summed E-state index contributed by atoms with van der Waals surface area (Å²) in [6.07, 6.45) is -0.0526. The Bertz CT molecular complexity index is 350. The highest BCUT2D eigenvalue weighted by molar-refractivity contribution is 5.05. The number of nitrogens with zero attached hydrogens (tertiary/aromatic N) is 2. The third-order valence-corrected chi connectivity index (χ3v) is 4.54. The molecule has 1 saturated heterocycles. The lowest BCUT2D eigenvalue weighted by molar-refractivity contribution is -0.315. The number of hydrogen-bond acceptors (Lipinski definition) is 3. The van der Waals surface area contributed by atoms with Gasteiger partial charge in [-0.1, -0.05) is 0 Å². The second kappa shape index (κ2) is 5.29. The minimum atomic E-state index is -4.30. The SMILES string of the molecule is COC1(C(F)(F)F)CN(C2CCC(CC#N)CC2)C1. The van der Waals surface area contributed by atoms with Gasteiger partial charge in [-0.2, -0.15) is 18.4 Å². The molecular formula is C13H19F3N2O. The molecule has 0 N–H and O–H groups in total. The third kappa shape index (κ3) is 2.72. The van der Waals surface area contributed by atoms with E-state index >= 15 is 0 Å². The van der Waals surface area contributed by atoms with Crippen LogP contribution in [-0.2, 0) is 4.74 Å². The third-order valence-electron chi connectivity index (χ3n) is 4.54. The van der Waals surface area contributed by atoms with E-state index in [1.54, 1.807) is 0 Å². The lowest BCUT2D eigenvalue weighted by Crippen LogP contribution is -2.72. The van der Waals surface area contributed by atoms with Gasteiger partial charge >= 0.3 is 6.18 Å². The number of rotatable bonds is 3. The van der Waals surface area contributed by atoms with Gasteiger partial charge in [0.15, 0.2) is 5.60 Å². The molecule has 2 rings (SSSR count). The first-order valence-corrected chi connectivity index (χ1v) is 6.65. The highest BCUT2D eigenvalue weighted by atomic mass is 19.4. The second-order valence-electron chi connectivity index (χ2n) is 5.64. The molecule has 2 aliphatic rings. The molecule has 0 radical (unpaired) electrons. The molecule has 0 spiro atoms. The number of hydrogen-bond donors (Lipinski definition) is 0. The van der Waals surface area contributed by atoms with Crippen molar-refractivity contribution < 1.29 is 17.9 Å². The predicted octanol–water partition coefficient (Wildman–Crippen LogP) is 2.72. The molecule has 1 heterocycles. The lowest BCUT2D eigenvalue weighted by atomic mass is 9.81. The maximum absolute atomic E-state index is 12.9. The van der Waals surface area contributed by atoms with Crippen LogP contribution in [0, 0.1) is 17.2 Å². The summed E-state index contributed by atoms with van der Waals surface area (Å²) in [5.41, 5.74) is -1.96. The van der Waals surface area contributed by atoms with Gasteiger partial charge in [-0.3, -0.25) is 4.90 Å². The minimum absolute atomic E-state index is 0.0550. The molecule has 108 valence electrons. The van der Waals surface area contributed by atoms with Crippen LogP contribution in [0.5, 0.6) is 0 Å². The van der Waals surface area contributed by atoms with E-state index in [-0.39, 0.29) is 19.1 Å². The number of nitriles is 1. The highest BCUT2D eigenvalue weighted by Crippen LogP contribution is 2.43. The van der Waals surface area contributed by atoms with Gasteiger partial charge in [-0.05, 0) is 31.6 Å². The van der Waals surface area contributed by atoms with Crippen LogP contribution in [0.25, 0.3) is 0 Å². The summed E-state index contributed by atoms with van der Waals surface area (Å²) in [4.78, 5) is 1.87. The Morgan fingerprint density at radius 3 is 2.26 bits per heavy atom. The summed E-state index contributed by atoms with van der Waals surface area (Å²) < 4.78 is 43.3. The number of halogens is 3. The normalized spacial score (nSPS) is 31.5. The van der Waals surface area contributed by atoms with Crippen LogP contribution < -0.4 is 0 Å². The van der Waals surface area contributed by atoms with Crippen molar-refractivity contribution in [1.82, 2.24) is 4.90 Å². The van der Waals surface area contributed by atoms with Crippen LogP contribution in [0.2, 0.25) is 0 Å². The largest absolute Gasteiger partial charge is 0.419 e. The van der Waals surface area contributed by atoms with Crippen LogP contribution >= 0.6 is 0 Å². The van der Waals surface area contributed by atoms with E-state index < -0.39 is 11.8 Å². The van der Waals surface area contributed by atoms with Gasteiger partial charge in [-0.25, -0.2) is 0 Å². The second-order valence-corrected chi connectivity index (χ2v) is 5.64. The van der Waals surface area contributed by atoms with Crippen LogP contribution in [0.15, 0.2) is 0 Å². The Morgan fingerprint density at radius 2 is 1.84 bits per heavy atom. The molecule has 19 heavy (non-hydrogen) atoms. The number of ether oxygens (including phenoxy) is 1. The Kier molecular flexibility index (Phi) is 4.07. The molecule has 1 saturated carbocycles. The Morgan fingerprint density at radius 1 is 1.26 bits per heavy atom. The molecule has 0 atom stereocenters. The van der Waals surface area contributed by atoms with Gasteiger partial charge in [0.05, 0.1) is 6.07 Å². The van der Waals surface area contributed by atoms with Crippen molar-refractivity contribution in [2.24, 2.45) is 5.92 Å². The van der Waals surface area contributed by atoms with Gasteiger partial charge in [0.25, 0.3) is 0 Å². The fourth-order valence-electron chi connectivity index (χ4n) is 3.14. The number of methoxy groups -OCH3 is 1. The van der Waals surface area contributed by atoms with Gasteiger partial charge in [0.2, 0.25) is 0 Å². The van der Waals surface area contributed by atoms with Crippen molar-refractivity contribution in [3.05, 3.63) is 0 Å². The van der Waals surface area contributed by atoms with Crippen LogP contribution in [-0.4, -0.2) is 42.9 Å². The zero-order valence-corrected chi connectivity index (χ0v) is 11.0. The number of alkyl halides is 3. The van der Waals surface area contributed by atoms with Crippen molar-refractivity contribution in [2.45, 2.75) is 49.9 Å². The first-order chi connectivity index (χ1) is 8.92. The smallest absolute Gasteiger partial charge is 0.366 e. The van der Waals surface area contributed by atoms with Gasteiger partial charge in [0, 0.05) is 32.7 Å². The first kappa shape index (κ1) is 14.6. The molecular weight excluding hydrogens is 257 g/mol. The van der Waals surface area contributed by atoms with Crippen molar-refractivity contribution in [1.29, 1.82) is 5.26 Å². The van der Waals surface area contributed by atoms with E-state index in [0.29, 0.717) is 12.3 Å². The summed E-state index contributed by atoms with van der Waals surface area (Å²) in [7, 11) is 1.13. The topological polar surface area (TPSA) is 36.3 Å². The first-order valence-electron chi connectivity index (χ1n) is 6.65. The lowest BCUT2D eigenvalue weighted by Gasteiger charge is -2.53. The summed E-state index contributed by atoms with van der Waals surface area (Å²) in [5.74, 6) is 0.428. The summed E-state index contributed by atoms with van der Waals surface area (Å²) in [6, 6.07) is 2.39. The Hall–Kier alpha value is -0.800. The molecule has 6 heteroatoms. The van der Waals surface area contributed by atoms with Crippen molar-refractivity contribution in [2.75, 3.05) is 20.2 Å². The zero-order valence-electron chi connectivity index (χ0n) is 11.0. The fourth-order valence-corrected chi connectivity index (χ4v) is 3.14. The minimum Gasteiger partial charge on any atom is -0.366 e. The summed E-state index contributed by atoms with van der Waals surface area (Å²) in [5, 5.41) is 8.64. The molecule has 1 aliphatic heterocycles. The van der Waals surface area contributed by atoms with Gasteiger partial charge < -0.3 is 4.74 Å². The average Bonchev–Trinajstić information content (AvgIpc) is 2.29. The molecule has 1 aliphatic carbocycles. The standard InChI is InChI=1S/C13H19F3N2O/c1-19-12(13(14,15)16)8-18(9-12)11-4-2-10(3-5-11)6-7-17/h10-11H,2-6,8-9H2,1H3.